The largest absolute Gasteiger partial charge is 0.472 e. The molecule has 0 aromatic rings. The molecular formula is C15H22O9. The van der Waals surface area contributed by atoms with Crippen LogP contribution >= 0.6 is 0 Å². The maximum absolute atomic E-state index is 10.0. The Kier molecular flexibility index (Phi) is 5.23. The maximum atomic E-state index is 10.0. The number of hydrogen-bond acceptors (Lipinski definition) is 9. The van der Waals surface area contributed by atoms with Crippen LogP contribution in [0.25, 0.3) is 0 Å². The van der Waals surface area contributed by atoms with E-state index in [9.17, 15) is 30.6 Å². The summed E-state index contributed by atoms with van der Waals surface area (Å²) in [5.41, 5.74) is 0.534. The van der Waals surface area contributed by atoms with Crippen LogP contribution < -0.4 is 0 Å². The second kappa shape index (κ2) is 7.06. The lowest BCUT2D eigenvalue weighted by Crippen LogP contribution is -2.60. The number of fused-ring (bicyclic) bond motifs is 1. The van der Waals surface area contributed by atoms with Crippen molar-refractivity contribution in [3.8, 4) is 0 Å². The Labute approximate surface area is 138 Å². The average molecular weight is 346 g/mol. The van der Waals surface area contributed by atoms with Crippen LogP contribution in [-0.4, -0.2) is 87.0 Å². The molecule has 6 N–H and O–H groups in total. The van der Waals surface area contributed by atoms with Crippen LogP contribution in [0, 0.1) is 11.8 Å². The predicted octanol–water partition coefficient (Wildman–Crippen LogP) is -2.80. The number of aliphatic hydroxyl groups is 6. The Morgan fingerprint density at radius 2 is 1.75 bits per heavy atom. The van der Waals surface area contributed by atoms with E-state index in [1.807, 2.05) is 0 Å². The van der Waals surface area contributed by atoms with E-state index in [0.717, 1.165) is 0 Å². The second-order valence-electron chi connectivity index (χ2n) is 6.16. The van der Waals surface area contributed by atoms with Gasteiger partial charge in [-0.25, -0.2) is 0 Å². The highest BCUT2D eigenvalue weighted by molar-refractivity contribution is 5.25. The monoisotopic (exact) mass is 346 g/mol. The zero-order chi connectivity index (χ0) is 17.4. The predicted molar refractivity (Wildman–Crippen MR) is 77.0 cm³/mol. The topological polar surface area (TPSA) is 149 Å². The van der Waals surface area contributed by atoms with Gasteiger partial charge in [-0.1, -0.05) is 6.08 Å². The average Bonchev–Trinajstić information content (AvgIpc) is 2.92. The summed E-state index contributed by atoms with van der Waals surface area (Å²) in [5, 5.41) is 58.3. The standard InChI is InChI=1S/C15H22O9/c16-4-6-3-8(18)7-1-2-22-14(10(6)7)24-15-13(21)12(20)11(19)9(5-17)23-15/h1-3,7-21H,4-5H2/t7-,8+,9+,10+,11+,12-,13+,14?,15-/m0/s1. The van der Waals surface area contributed by atoms with Crippen LogP contribution in [0.2, 0.25) is 0 Å². The van der Waals surface area contributed by atoms with Crippen LogP contribution in [-0.2, 0) is 14.2 Å². The van der Waals surface area contributed by atoms with Gasteiger partial charge in [-0.15, -0.1) is 0 Å². The first-order valence-corrected chi connectivity index (χ1v) is 7.75. The summed E-state index contributed by atoms with van der Waals surface area (Å²) in [4.78, 5) is 0. The second-order valence-corrected chi connectivity index (χ2v) is 6.16. The van der Waals surface area contributed by atoms with Crippen molar-refractivity contribution in [1.29, 1.82) is 0 Å². The van der Waals surface area contributed by atoms with E-state index in [-0.39, 0.29) is 12.5 Å². The fourth-order valence-electron chi connectivity index (χ4n) is 3.38. The summed E-state index contributed by atoms with van der Waals surface area (Å²) in [7, 11) is 0. The molecule has 1 saturated heterocycles. The zero-order valence-electron chi connectivity index (χ0n) is 12.8. The van der Waals surface area contributed by atoms with Crippen molar-refractivity contribution in [2.75, 3.05) is 13.2 Å². The molecule has 0 bridgehead atoms. The molecule has 2 heterocycles. The van der Waals surface area contributed by atoms with E-state index in [4.69, 9.17) is 14.2 Å². The minimum Gasteiger partial charge on any atom is -0.472 e. The van der Waals surface area contributed by atoms with E-state index in [0.29, 0.717) is 5.57 Å². The van der Waals surface area contributed by atoms with Gasteiger partial charge >= 0.3 is 0 Å². The summed E-state index contributed by atoms with van der Waals surface area (Å²) >= 11 is 0. The molecule has 0 radical (unpaired) electrons. The summed E-state index contributed by atoms with van der Waals surface area (Å²) in [5.74, 6) is -0.835. The molecule has 3 rings (SSSR count). The maximum Gasteiger partial charge on any atom is 0.209 e. The van der Waals surface area contributed by atoms with Gasteiger partial charge in [0.1, 0.15) is 24.4 Å². The molecule has 9 nitrogen and oxygen atoms in total. The van der Waals surface area contributed by atoms with Crippen molar-refractivity contribution in [2.45, 2.75) is 43.1 Å². The minimum absolute atomic E-state index is 0.288. The Balaban J connectivity index is 1.75. The Morgan fingerprint density at radius 3 is 2.42 bits per heavy atom. The van der Waals surface area contributed by atoms with Crippen LogP contribution in [0.1, 0.15) is 0 Å². The van der Waals surface area contributed by atoms with Gasteiger partial charge in [0.25, 0.3) is 0 Å². The molecule has 136 valence electrons. The number of aliphatic hydroxyl groups excluding tert-OH is 6. The van der Waals surface area contributed by atoms with Crippen molar-refractivity contribution >= 4 is 0 Å². The molecule has 3 aliphatic rings. The van der Waals surface area contributed by atoms with Crippen molar-refractivity contribution in [1.82, 2.24) is 0 Å². The number of hydrogen-bond donors (Lipinski definition) is 6. The molecule has 0 amide bonds. The quantitative estimate of drug-likeness (QED) is 0.297. The molecule has 0 aromatic carbocycles. The first-order chi connectivity index (χ1) is 11.5. The first kappa shape index (κ1) is 17.8. The summed E-state index contributed by atoms with van der Waals surface area (Å²) in [6, 6.07) is 0. The molecule has 1 aliphatic carbocycles. The normalized spacial score (nSPS) is 47.9. The minimum atomic E-state index is -1.56. The van der Waals surface area contributed by atoms with Crippen molar-refractivity contribution in [3.63, 3.8) is 0 Å². The van der Waals surface area contributed by atoms with E-state index in [1.165, 1.54) is 12.3 Å². The lowest BCUT2D eigenvalue weighted by atomic mass is 9.88. The molecule has 0 spiro atoms. The van der Waals surface area contributed by atoms with Gasteiger partial charge in [0.2, 0.25) is 6.29 Å². The molecule has 9 atom stereocenters. The summed E-state index contributed by atoms with van der Waals surface area (Å²) < 4.78 is 16.3. The molecule has 0 aromatic heterocycles. The van der Waals surface area contributed by atoms with E-state index >= 15 is 0 Å². The van der Waals surface area contributed by atoms with Crippen LogP contribution in [0.4, 0.5) is 0 Å². The van der Waals surface area contributed by atoms with E-state index < -0.39 is 55.6 Å². The fourth-order valence-corrected chi connectivity index (χ4v) is 3.38. The lowest BCUT2D eigenvalue weighted by Gasteiger charge is -2.42. The molecule has 1 unspecified atom stereocenters. The summed E-state index contributed by atoms with van der Waals surface area (Å²) in [6.07, 6.45) is -4.27. The van der Waals surface area contributed by atoms with Crippen molar-refractivity contribution in [2.24, 2.45) is 11.8 Å². The van der Waals surface area contributed by atoms with Gasteiger partial charge in [0.15, 0.2) is 6.29 Å². The van der Waals surface area contributed by atoms with Gasteiger partial charge in [-0.05, 0) is 11.6 Å². The number of rotatable bonds is 4. The molecule has 1 fully saturated rings. The highest BCUT2D eigenvalue weighted by Gasteiger charge is 2.49. The van der Waals surface area contributed by atoms with Gasteiger partial charge in [0, 0.05) is 5.92 Å². The lowest BCUT2D eigenvalue weighted by molar-refractivity contribution is -0.339. The van der Waals surface area contributed by atoms with Gasteiger partial charge < -0.3 is 44.8 Å². The third-order valence-corrected chi connectivity index (χ3v) is 4.73. The fraction of sp³-hybridized carbons (Fsp3) is 0.733. The van der Waals surface area contributed by atoms with Crippen LogP contribution in [0.5, 0.6) is 0 Å². The Morgan fingerprint density at radius 1 is 1.00 bits per heavy atom. The van der Waals surface area contributed by atoms with Crippen LogP contribution in [0.3, 0.4) is 0 Å². The molecule has 0 saturated carbocycles. The smallest absolute Gasteiger partial charge is 0.209 e. The first-order valence-electron chi connectivity index (χ1n) is 7.75. The van der Waals surface area contributed by atoms with E-state index in [2.05, 4.69) is 0 Å². The molecular weight excluding hydrogens is 324 g/mol. The molecule has 9 heteroatoms. The van der Waals surface area contributed by atoms with E-state index in [1.54, 1.807) is 6.08 Å². The summed E-state index contributed by atoms with van der Waals surface area (Å²) in [6.45, 7) is -0.854. The number of ether oxygens (including phenoxy) is 3. The molecule has 2 aliphatic heterocycles. The van der Waals surface area contributed by atoms with Gasteiger partial charge in [0.05, 0.1) is 31.5 Å². The Bertz CT molecular complexity index is 505. The Hall–Kier alpha value is -1.04. The third-order valence-electron chi connectivity index (χ3n) is 4.73. The van der Waals surface area contributed by atoms with Crippen molar-refractivity contribution in [3.05, 3.63) is 24.0 Å². The zero-order valence-corrected chi connectivity index (χ0v) is 12.8. The van der Waals surface area contributed by atoms with Crippen LogP contribution in [0.15, 0.2) is 24.0 Å². The van der Waals surface area contributed by atoms with Crippen molar-refractivity contribution < 1.29 is 44.8 Å². The molecule has 24 heavy (non-hydrogen) atoms. The highest BCUT2D eigenvalue weighted by Crippen LogP contribution is 2.40. The SMILES string of the molecule is OCC1=C[C@@H](O)[C@@H]2C=COC(O[C@@H]3O[C@H](CO)[C@@H](O)[C@H](O)[C@H]3O)[C@H]12. The van der Waals surface area contributed by atoms with Gasteiger partial charge in [-0.2, -0.15) is 0 Å². The third kappa shape index (κ3) is 2.98. The van der Waals surface area contributed by atoms with Gasteiger partial charge in [-0.3, -0.25) is 0 Å². The highest BCUT2D eigenvalue weighted by atomic mass is 16.8.